The molecule has 0 aliphatic carbocycles. The van der Waals surface area contributed by atoms with Crippen LogP contribution in [0.25, 0.3) is 0 Å². The Labute approximate surface area is 212 Å². The van der Waals surface area contributed by atoms with E-state index in [-0.39, 0.29) is 25.8 Å². The van der Waals surface area contributed by atoms with E-state index in [9.17, 15) is 4.79 Å². The van der Waals surface area contributed by atoms with E-state index < -0.39 is 5.41 Å². The van der Waals surface area contributed by atoms with Gasteiger partial charge in [0.2, 0.25) is 0 Å². The van der Waals surface area contributed by atoms with Gasteiger partial charge in [-0.1, -0.05) is 124 Å². The van der Waals surface area contributed by atoms with Crippen LogP contribution in [0.15, 0.2) is 0 Å². The highest BCUT2D eigenvalue weighted by atomic mass is 16.5. The van der Waals surface area contributed by atoms with Crippen molar-refractivity contribution in [2.75, 3.05) is 26.4 Å². The quantitative estimate of drug-likeness (QED) is 0.0977. The van der Waals surface area contributed by atoms with Crippen LogP contribution < -0.4 is 0 Å². The van der Waals surface area contributed by atoms with E-state index in [1.165, 1.54) is 103 Å². The van der Waals surface area contributed by atoms with Crippen molar-refractivity contribution in [1.82, 2.24) is 0 Å². The molecule has 0 fully saturated rings. The Bertz CT molecular complexity index is 378. The third-order valence-corrected chi connectivity index (χ3v) is 6.75. The van der Waals surface area contributed by atoms with Gasteiger partial charge in [-0.15, -0.1) is 0 Å². The molecule has 0 bridgehead atoms. The highest BCUT2D eigenvalue weighted by Crippen LogP contribution is 2.18. The second-order valence-electron chi connectivity index (χ2n) is 9.96. The smallest absolute Gasteiger partial charge is 0.305 e. The molecule has 0 atom stereocenters. The summed E-state index contributed by atoms with van der Waals surface area (Å²) < 4.78 is 5.33. The van der Waals surface area contributed by atoms with Gasteiger partial charge in [-0.05, 0) is 19.3 Å². The fourth-order valence-corrected chi connectivity index (χ4v) is 3.74. The number of carbonyl (C=O) groups is 1. The molecule has 34 heavy (non-hydrogen) atoms. The summed E-state index contributed by atoms with van der Waals surface area (Å²) in [6.07, 6.45) is 24.6. The van der Waals surface area contributed by atoms with Gasteiger partial charge in [0.1, 0.15) is 0 Å². The van der Waals surface area contributed by atoms with E-state index in [1.54, 1.807) is 0 Å². The molecule has 5 heteroatoms. The normalized spacial score (nSPS) is 11.2. The lowest BCUT2D eigenvalue weighted by Crippen LogP contribution is -2.32. The number of unbranched alkanes of at least 4 members (excludes halogenated alkanes) is 16. The summed E-state index contributed by atoms with van der Waals surface area (Å²) in [5, 5.41) is 26.0. The molecule has 206 valence electrons. The molecule has 0 saturated carbocycles. The minimum absolute atomic E-state index is 0.0145. The molecule has 0 spiro atoms. The van der Waals surface area contributed by atoms with Gasteiger partial charge in [0.05, 0.1) is 26.4 Å². The molecule has 3 N–H and O–H groups in total. The second-order valence-corrected chi connectivity index (χ2v) is 9.96. The second kappa shape index (κ2) is 28.6. The van der Waals surface area contributed by atoms with Crippen molar-refractivity contribution >= 4 is 5.97 Å². The number of hydrogen-bond acceptors (Lipinski definition) is 5. The van der Waals surface area contributed by atoms with Crippen molar-refractivity contribution in [3.05, 3.63) is 0 Å². The number of aliphatic hydroxyl groups is 3. The maximum Gasteiger partial charge on any atom is 0.305 e. The van der Waals surface area contributed by atoms with Gasteiger partial charge < -0.3 is 20.1 Å². The zero-order chi connectivity index (χ0) is 25.8. The summed E-state index contributed by atoms with van der Waals surface area (Å²) in [7, 11) is 0. The average Bonchev–Trinajstić information content (AvgIpc) is 2.86. The van der Waals surface area contributed by atoms with E-state index in [1.807, 2.05) is 6.92 Å². The first-order valence-corrected chi connectivity index (χ1v) is 14.5. The van der Waals surface area contributed by atoms with Crippen LogP contribution in [-0.4, -0.2) is 47.7 Å². The average molecular weight is 489 g/mol. The van der Waals surface area contributed by atoms with Crippen molar-refractivity contribution in [2.45, 2.75) is 149 Å². The molecular weight excluding hydrogens is 428 g/mol. The van der Waals surface area contributed by atoms with Crippen LogP contribution in [0.2, 0.25) is 0 Å². The highest BCUT2D eigenvalue weighted by Gasteiger charge is 2.24. The van der Waals surface area contributed by atoms with E-state index in [4.69, 9.17) is 20.1 Å². The van der Waals surface area contributed by atoms with Crippen molar-refractivity contribution in [3.8, 4) is 0 Å². The van der Waals surface area contributed by atoms with E-state index >= 15 is 0 Å². The van der Waals surface area contributed by atoms with Crippen LogP contribution in [-0.2, 0) is 9.53 Å². The summed E-state index contributed by atoms with van der Waals surface area (Å²) in [6, 6.07) is 0. The fraction of sp³-hybridized carbons (Fsp3) is 0.966. The number of hydrogen-bond donors (Lipinski definition) is 3. The summed E-state index contributed by atoms with van der Waals surface area (Å²) in [5.41, 5.74) is -0.667. The van der Waals surface area contributed by atoms with Gasteiger partial charge in [0.25, 0.3) is 0 Å². The lowest BCUT2D eigenvalue weighted by Gasteiger charge is -2.24. The molecule has 0 aromatic rings. The van der Waals surface area contributed by atoms with Crippen LogP contribution in [0.5, 0.6) is 0 Å². The van der Waals surface area contributed by atoms with Crippen LogP contribution in [0, 0.1) is 5.41 Å². The van der Waals surface area contributed by atoms with Crippen LogP contribution in [0.3, 0.4) is 0 Å². The number of esters is 1. The van der Waals surface area contributed by atoms with Gasteiger partial charge in [0.15, 0.2) is 0 Å². The van der Waals surface area contributed by atoms with E-state index in [0.717, 1.165) is 12.8 Å². The van der Waals surface area contributed by atoms with Crippen molar-refractivity contribution in [1.29, 1.82) is 0 Å². The first-order valence-electron chi connectivity index (χ1n) is 14.5. The molecule has 0 heterocycles. The molecule has 0 saturated heterocycles. The highest BCUT2D eigenvalue weighted by molar-refractivity contribution is 5.69. The molecule has 0 amide bonds. The van der Waals surface area contributed by atoms with Crippen LogP contribution in [0.4, 0.5) is 0 Å². The van der Waals surface area contributed by atoms with Gasteiger partial charge in [-0.3, -0.25) is 4.79 Å². The molecule has 0 unspecified atom stereocenters. The number of carbonyl (C=O) groups excluding carboxylic acids is 1. The zero-order valence-corrected chi connectivity index (χ0v) is 23.1. The van der Waals surface area contributed by atoms with Crippen LogP contribution in [0.1, 0.15) is 149 Å². The van der Waals surface area contributed by atoms with E-state index in [0.29, 0.717) is 19.4 Å². The SMILES string of the molecule is CCC(CO)(CO)CO.CCCCCCCCCCCCCOC(=O)CCCCCCCCC. The summed E-state index contributed by atoms with van der Waals surface area (Å²) in [6.45, 7) is 6.50. The van der Waals surface area contributed by atoms with E-state index in [2.05, 4.69) is 13.8 Å². The molecule has 5 nitrogen and oxygen atoms in total. The third kappa shape index (κ3) is 24.5. The van der Waals surface area contributed by atoms with Gasteiger partial charge in [0, 0.05) is 11.8 Å². The molecule has 0 aliphatic heterocycles. The monoisotopic (exact) mass is 488 g/mol. The minimum atomic E-state index is -0.667. The van der Waals surface area contributed by atoms with Crippen LogP contribution >= 0.6 is 0 Å². The maximum atomic E-state index is 11.6. The van der Waals surface area contributed by atoms with Crippen molar-refractivity contribution in [3.63, 3.8) is 0 Å². The maximum absolute atomic E-state index is 11.6. The first-order chi connectivity index (χ1) is 16.6. The predicted molar refractivity (Wildman–Crippen MR) is 144 cm³/mol. The van der Waals surface area contributed by atoms with Gasteiger partial charge in [-0.25, -0.2) is 0 Å². The summed E-state index contributed by atoms with van der Waals surface area (Å²) in [4.78, 5) is 11.6. The third-order valence-electron chi connectivity index (χ3n) is 6.75. The number of rotatable bonds is 24. The van der Waals surface area contributed by atoms with Gasteiger partial charge >= 0.3 is 5.97 Å². The summed E-state index contributed by atoms with van der Waals surface area (Å²) >= 11 is 0. The fourth-order valence-electron chi connectivity index (χ4n) is 3.74. The number of ether oxygens (including phenoxy) is 1. The Kier molecular flexibility index (Phi) is 29.9. The molecule has 0 aliphatic rings. The Morgan fingerprint density at radius 3 is 1.24 bits per heavy atom. The Morgan fingerprint density at radius 1 is 0.559 bits per heavy atom. The lowest BCUT2D eigenvalue weighted by molar-refractivity contribution is -0.143. The minimum Gasteiger partial charge on any atom is -0.466 e. The molecule has 0 aromatic heterocycles. The molecule has 0 aromatic carbocycles. The standard InChI is InChI=1S/C23H46O2.C6H14O3/c1-3-5-7-9-11-12-13-14-16-18-20-22-25-23(24)21-19-17-15-10-8-6-4-2;1-2-6(3-7,4-8)5-9/h3-22H2,1-2H3;7-9H,2-5H2,1H3. The Balaban J connectivity index is 0. The lowest BCUT2D eigenvalue weighted by atomic mass is 9.88. The molecule has 0 rings (SSSR count). The predicted octanol–water partition coefficient (Wildman–Crippen LogP) is 7.34. The first kappa shape index (κ1) is 35.5. The Hall–Kier alpha value is -0.650. The summed E-state index contributed by atoms with van der Waals surface area (Å²) in [5.74, 6) is 0.0145. The Morgan fingerprint density at radius 2 is 0.912 bits per heavy atom. The number of aliphatic hydroxyl groups excluding tert-OH is 3. The zero-order valence-electron chi connectivity index (χ0n) is 23.1. The van der Waals surface area contributed by atoms with Crippen molar-refractivity contribution < 1.29 is 24.9 Å². The molecular formula is C29H60O5. The van der Waals surface area contributed by atoms with Crippen molar-refractivity contribution in [2.24, 2.45) is 5.41 Å². The topological polar surface area (TPSA) is 87.0 Å². The largest absolute Gasteiger partial charge is 0.466 e. The van der Waals surface area contributed by atoms with Gasteiger partial charge in [-0.2, -0.15) is 0 Å². The molecule has 0 radical (unpaired) electrons.